The van der Waals surface area contributed by atoms with Gasteiger partial charge in [-0.3, -0.25) is 4.79 Å². The third-order valence-corrected chi connectivity index (χ3v) is 4.88. The minimum absolute atomic E-state index is 0.0420. The molecular weight excluding hydrogens is 296 g/mol. The highest BCUT2D eigenvalue weighted by atomic mass is 32.1. The van der Waals surface area contributed by atoms with Gasteiger partial charge in [0.1, 0.15) is 5.75 Å². The fourth-order valence-corrected chi connectivity index (χ4v) is 3.58. The van der Waals surface area contributed by atoms with Gasteiger partial charge in [-0.1, -0.05) is 24.3 Å². The van der Waals surface area contributed by atoms with Gasteiger partial charge in [-0.05, 0) is 37.2 Å². The molecule has 2 atom stereocenters. The molecule has 116 valence electrons. The first-order valence-corrected chi connectivity index (χ1v) is 8.25. The van der Waals surface area contributed by atoms with E-state index in [0.29, 0.717) is 13.0 Å². The first-order chi connectivity index (χ1) is 10.6. The summed E-state index contributed by atoms with van der Waals surface area (Å²) in [6, 6.07) is 12.2. The zero-order valence-electron chi connectivity index (χ0n) is 12.8. The molecule has 1 aromatic carbocycles. The summed E-state index contributed by atoms with van der Waals surface area (Å²) in [5.74, 6) is 0.782. The number of nitrogens with one attached hydrogen (secondary N) is 1. The summed E-state index contributed by atoms with van der Waals surface area (Å²) in [5.41, 5.74) is 1.10. The molecule has 3 rings (SSSR count). The van der Waals surface area contributed by atoms with Gasteiger partial charge in [-0.25, -0.2) is 0 Å². The molecular formula is C17H20N2O2S. The van der Waals surface area contributed by atoms with Crippen molar-refractivity contribution in [1.29, 1.82) is 0 Å². The molecule has 2 aromatic rings. The van der Waals surface area contributed by atoms with Crippen LogP contribution in [0.15, 0.2) is 41.8 Å². The SMILES string of the molecule is CN(C)C(CNC(=O)C1Cc2ccccc2O1)c1cccs1. The van der Waals surface area contributed by atoms with E-state index in [1.54, 1.807) is 11.3 Å². The molecule has 0 radical (unpaired) electrons. The Labute approximate surface area is 134 Å². The number of ether oxygens (including phenoxy) is 1. The minimum Gasteiger partial charge on any atom is -0.480 e. The van der Waals surface area contributed by atoms with Gasteiger partial charge in [0.25, 0.3) is 5.91 Å². The summed E-state index contributed by atoms with van der Waals surface area (Å²) >= 11 is 1.71. The predicted octanol–water partition coefficient (Wildman–Crippen LogP) is 2.47. The maximum atomic E-state index is 12.4. The fraction of sp³-hybridized carbons (Fsp3) is 0.353. The van der Waals surface area contributed by atoms with Gasteiger partial charge in [0.2, 0.25) is 0 Å². The number of likely N-dealkylation sites (N-methyl/N-ethyl adjacent to an activating group) is 1. The lowest BCUT2D eigenvalue weighted by molar-refractivity contribution is -0.127. The van der Waals surface area contributed by atoms with Gasteiger partial charge < -0.3 is 15.0 Å². The van der Waals surface area contributed by atoms with E-state index in [1.807, 2.05) is 44.4 Å². The first-order valence-electron chi connectivity index (χ1n) is 7.37. The molecule has 5 heteroatoms. The molecule has 2 unspecified atom stereocenters. The number of carbonyl (C=O) groups excluding carboxylic acids is 1. The highest BCUT2D eigenvalue weighted by Crippen LogP contribution is 2.28. The van der Waals surface area contributed by atoms with Crippen LogP contribution in [0.25, 0.3) is 0 Å². The number of carbonyl (C=O) groups is 1. The van der Waals surface area contributed by atoms with Crippen LogP contribution < -0.4 is 10.1 Å². The Balaban J connectivity index is 1.59. The van der Waals surface area contributed by atoms with Crippen molar-refractivity contribution >= 4 is 17.2 Å². The van der Waals surface area contributed by atoms with Crippen LogP contribution in [0.4, 0.5) is 0 Å². The van der Waals surface area contributed by atoms with E-state index >= 15 is 0 Å². The Kier molecular flexibility index (Phi) is 4.45. The van der Waals surface area contributed by atoms with E-state index < -0.39 is 6.10 Å². The predicted molar refractivity (Wildman–Crippen MR) is 88.3 cm³/mol. The number of thiophene rings is 1. The minimum atomic E-state index is -0.413. The molecule has 1 amide bonds. The van der Waals surface area contributed by atoms with Crippen molar-refractivity contribution < 1.29 is 9.53 Å². The smallest absolute Gasteiger partial charge is 0.261 e. The lowest BCUT2D eigenvalue weighted by Gasteiger charge is -2.24. The number of para-hydroxylation sites is 1. The van der Waals surface area contributed by atoms with E-state index in [-0.39, 0.29) is 11.9 Å². The van der Waals surface area contributed by atoms with Crippen LogP contribution in [-0.2, 0) is 11.2 Å². The lowest BCUT2D eigenvalue weighted by atomic mass is 10.1. The van der Waals surface area contributed by atoms with Gasteiger partial charge in [-0.15, -0.1) is 11.3 Å². The maximum absolute atomic E-state index is 12.4. The molecule has 0 saturated heterocycles. The van der Waals surface area contributed by atoms with E-state index in [9.17, 15) is 4.79 Å². The van der Waals surface area contributed by atoms with Gasteiger partial charge in [0.15, 0.2) is 6.10 Å². The van der Waals surface area contributed by atoms with Crippen molar-refractivity contribution in [3.8, 4) is 5.75 Å². The lowest BCUT2D eigenvalue weighted by Crippen LogP contribution is -2.41. The van der Waals surface area contributed by atoms with Crippen molar-refractivity contribution in [3.05, 3.63) is 52.2 Å². The molecule has 1 aromatic heterocycles. The number of fused-ring (bicyclic) bond motifs is 1. The molecule has 2 heterocycles. The largest absolute Gasteiger partial charge is 0.480 e. The number of rotatable bonds is 5. The highest BCUT2D eigenvalue weighted by Gasteiger charge is 2.29. The van der Waals surface area contributed by atoms with Gasteiger partial charge in [0.05, 0.1) is 6.04 Å². The van der Waals surface area contributed by atoms with Gasteiger partial charge in [-0.2, -0.15) is 0 Å². The van der Waals surface area contributed by atoms with Crippen LogP contribution in [0.3, 0.4) is 0 Å². The van der Waals surface area contributed by atoms with Crippen molar-refractivity contribution in [2.75, 3.05) is 20.6 Å². The number of nitrogens with zero attached hydrogens (tertiary/aromatic N) is 1. The second kappa shape index (κ2) is 6.50. The number of benzene rings is 1. The summed E-state index contributed by atoms with van der Waals surface area (Å²) in [6.07, 6.45) is 0.233. The van der Waals surface area contributed by atoms with Crippen LogP contribution in [0, 0.1) is 0 Å². The van der Waals surface area contributed by atoms with Crippen LogP contribution >= 0.6 is 11.3 Å². The number of amides is 1. The Bertz CT molecular complexity index is 615. The Morgan fingerprint density at radius 2 is 2.18 bits per heavy atom. The standard InChI is InChI=1S/C17H20N2O2S/c1-19(2)13(16-8-5-9-22-16)11-18-17(20)15-10-12-6-3-4-7-14(12)21-15/h3-9,13,15H,10-11H2,1-2H3,(H,18,20). The summed E-state index contributed by atoms with van der Waals surface area (Å²) in [4.78, 5) is 15.7. The van der Waals surface area contributed by atoms with E-state index in [4.69, 9.17) is 4.74 Å². The van der Waals surface area contributed by atoms with Crippen LogP contribution in [0.5, 0.6) is 5.75 Å². The second-order valence-electron chi connectivity index (χ2n) is 5.66. The number of hydrogen-bond acceptors (Lipinski definition) is 4. The van der Waals surface area contributed by atoms with Crippen LogP contribution in [0.2, 0.25) is 0 Å². The average Bonchev–Trinajstić information content (AvgIpc) is 3.16. The molecule has 4 nitrogen and oxygen atoms in total. The molecule has 1 N–H and O–H groups in total. The van der Waals surface area contributed by atoms with Crippen molar-refractivity contribution in [2.45, 2.75) is 18.6 Å². The molecule has 0 fully saturated rings. The summed E-state index contributed by atoms with van der Waals surface area (Å²) < 4.78 is 5.73. The first kappa shape index (κ1) is 15.1. The zero-order valence-corrected chi connectivity index (χ0v) is 13.6. The Hall–Kier alpha value is -1.85. The second-order valence-corrected chi connectivity index (χ2v) is 6.64. The molecule has 0 aliphatic carbocycles. The molecule has 0 bridgehead atoms. The van der Waals surface area contributed by atoms with E-state index in [1.165, 1.54) is 4.88 Å². The summed E-state index contributed by atoms with van der Waals surface area (Å²) in [5, 5.41) is 5.09. The molecule has 0 saturated carbocycles. The van der Waals surface area contributed by atoms with Crippen molar-refractivity contribution in [2.24, 2.45) is 0 Å². The summed E-state index contributed by atoms with van der Waals surface area (Å²) in [6.45, 7) is 0.586. The molecule has 0 spiro atoms. The third kappa shape index (κ3) is 3.15. The van der Waals surface area contributed by atoms with Crippen molar-refractivity contribution in [1.82, 2.24) is 10.2 Å². The van der Waals surface area contributed by atoms with E-state index in [2.05, 4.69) is 21.7 Å². The fourth-order valence-electron chi connectivity index (χ4n) is 2.66. The molecule has 22 heavy (non-hydrogen) atoms. The Morgan fingerprint density at radius 3 is 2.86 bits per heavy atom. The van der Waals surface area contributed by atoms with Gasteiger partial charge in [0, 0.05) is 17.8 Å². The molecule has 1 aliphatic heterocycles. The van der Waals surface area contributed by atoms with Crippen LogP contribution in [0.1, 0.15) is 16.5 Å². The quantitative estimate of drug-likeness (QED) is 0.921. The zero-order chi connectivity index (χ0) is 15.5. The number of hydrogen-bond donors (Lipinski definition) is 1. The van der Waals surface area contributed by atoms with Crippen LogP contribution in [-0.4, -0.2) is 37.6 Å². The van der Waals surface area contributed by atoms with E-state index in [0.717, 1.165) is 11.3 Å². The Morgan fingerprint density at radius 1 is 1.36 bits per heavy atom. The van der Waals surface area contributed by atoms with Crippen molar-refractivity contribution in [3.63, 3.8) is 0 Å². The molecule has 1 aliphatic rings. The highest BCUT2D eigenvalue weighted by molar-refractivity contribution is 7.10. The third-order valence-electron chi connectivity index (χ3n) is 3.90. The normalized spacial score (nSPS) is 17.9. The maximum Gasteiger partial charge on any atom is 0.261 e. The average molecular weight is 316 g/mol. The summed E-state index contributed by atoms with van der Waals surface area (Å²) in [7, 11) is 4.05. The monoisotopic (exact) mass is 316 g/mol. The van der Waals surface area contributed by atoms with Gasteiger partial charge >= 0.3 is 0 Å². The topological polar surface area (TPSA) is 41.6 Å².